The van der Waals surface area contributed by atoms with Crippen molar-refractivity contribution in [3.63, 3.8) is 0 Å². The topological polar surface area (TPSA) is 105 Å². The average Bonchev–Trinajstić information content (AvgIpc) is 2.93. The van der Waals surface area contributed by atoms with Gasteiger partial charge in [0.2, 0.25) is 0 Å². The summed E-state index contributed by atoms with van der Waals surface area (Å²) in [6.07, 6.45) is -1.10. The van der Waals surface area contributed by atoms with E-state index in [0.29, 0.717) is 0 Å². The molecule has 0 unspecified atom stereocenters. The van der Waals surface area contributed by atoms with Crippen molar-refractivity contribution in [1.29, 1.82) is 0 Å². The molecule has 3 rings (SSSR count). The number of hydrogen-bond acceptors (Lipinski definition) is 4. The van der Waals surface area contributed by atoms with E-state index >= 15 is 0 Å². The van der Waals surface area contributed by atoms with Gasteiger partial charge in [0, 0.05) is 12.5 Å². The van der Waals surface area contributed by atoms with Crippen LogP contribution in [0.1, 0.15) is 23.5 Å². The average molecular weight is 354 g/mol. The molecule has 0 aliphatic heterocycles. The maximum absolute atomic E-state index is 11.8. The van der Waals surface area contributed by atoms with Crippen LogP contribution < -0.4 is 10.6 Å². The highest BCUT2D eigenvalue weighted by Gasteiger charge is 2.29. The monoisotopic (exact) mass is 354 g/mol. The lowest BCUT2D eigenvalue weighted by Crippen LogP contribution is -2.40. The van der Waals surface area contributed by atoms with Crippen LogP contribution in [0.4, 0.5) is 9.59 Å². The van der Waals surface area contributed by atoms with Crippen LogP contribution in [0.15, 0.2) is 48.5 Å². The number of benzene rings is 2. The molecule has 7 nitrogen and oxygen atoms in total. The maximum Gasteiger partial charge on any atom is 0.415 e. The van der Waals surface area contributed by atoms with E-state index in [9.17, 15) is 14.4 Å². The van der Waals surface area contributed by atoms with Gasteiger partial charge in [-0.15, -0.1) is 0 Å². The van der Waals surface area contributed by atoms with Crippen molar-refractivity contribution in [3.05, 3.63) is 59.7 Å². The third kappa shape index (κ3) is 3.83. The van der Waals surface area contributed by atoms with Gasteiger partial charge in [-0.1, -0.05) is 48.5 Å². The second-order valence-corrected chi connectivity index (χ2v) is 5.85. The highest BCUT2D eigenvalue weighted by atomic mass is 16.5. The Morgan fingerprint density at radius 2 is 1.54 bits per heavy atom. The Morgan fingerprint density at radius 3 is 2.12 bits per heavy atom. The van der Waals surface area contributed by atoms with E-state index in [4.69, 9.17) is 9.84 Å². The molecule has 0 heterocycles. The van der Waals surface area contributed by atoms with Crippen LogP contribution >= 0.6 is 0 Å². The number of aliphatic carboxylic acids is 1. The molecular weight excluding hydrogens is 336 g/mol. The molecule has 2 aromatic rings. The Kier molecular flexibility index (Phi) is 5.17. The molecule has 26 heavy (non-hydrogen) atoms. The van der Waals surface area contributed by atoms with Crippen molar-refractivity contribution < 1.29 is 24.2 Å². The molecule has 0 fully saturated rings. The van der Waals surface area contributed by atoms with Gasteiger partial charge in [-0.3, -0.25) is 4.79 Å². The molecule has 2 aromatic carbocycles. The molecule has 7 heteroatoms. The number of imide groups is 1. The molecule has 134 valence electrons. The number of carboxylic acid groups (broad SMARTS) is 1. The van der Waals surface area contributed by atoms with Crippen LogP contribution in [0.5, 0.6) is 0 Å². The molecule has 0 saturated carbocycles. The molecule has 1 aliphatic rings. The largest absolute Gasteiger partial charge is 0.481 e. The van der Waals surface area contributed by atoms with Crippen LogP contribution in [0, 0.1) is 0 Å². The molecular formula is C19H18N2O5. The number of urea groups is 1. The maximum atomic E-state index is 11.8. The van der Waals surface area contributed by atoms with Gasteiger partial charge in [-0.2, -0.15) is 0 Å². The molecule has 0 radical (unpaired) electrons. The summed E-state index contributed by atoms with van der Waals surface area (Å²) in [5.74, 6) is -1.13. The van der Waals surface area contributed by atoms with E-state index in [1.54, 1.807) is 0 Å². The molecule has 0 spiro atoms. The fraction of sp³-hybridized carbons (Fsp3) is 0.211. The Balaban J connectivity index is 1.59. The minimum absolute atomic E-state index is 0.0716. The first-order valence-electron chi connectivity index (χ1n) is 8.18. The quantitative estimate of drug-likeness (QED) is 0.766. The number of nitrogens with one attached hydrogen (secondary N) is 2. The van der Waals surface area contributed by atoms with Gasteiger partial charge < -0.3 is 15.2 Å². The number of alkyl carbamates (subject to hydrolysis) is 1. The lowest BCUT2D eigenvalue weighted by atomic mass is 9.98. The summed E-state index contributed by atoms with van der Waals surface area (Å²) < 4.78 is 5.21. The van der Waals surface area contributed by atoms with Gasteiger partial charge >= 0.3 is 18.1 Å². The number of amides is 3. The third-order valence-corrected chi connectivity index (χ3v) is 4.18. The van der Waals surface area contributed by atoms with Crippen molar-refractivity contribution in [1.82, 2.24) is 10.6 Å². The van der Waals surface area contributed by atoms with Crippen LogP contribution in [0.25, 0.3) is 11.1 Å². The van der Waals surface area contributed by atoms with E-state index in [1.165, 1.54) is 0 Å². The minimum Gasteiger partial charge on any atom is -0.481 e. The molecule has 3 amide bonds. The van der Waals surface area contributed by atoms with Gasteiger partial charge in [0.15, 0.2) is 0 Å². The van der Waals surface area contributed by atoms with Crippen molar-refractivity contribution in [2.75, 3.05) is 13.2 Å². The fourth-order valence-corrected chi connectivity index (χ4v) is 3.05. The van der Waals surface area contributed by atoms with Crippen molar-refractivity contribution >= 4 is 18.1 Å². The number of fused-ring (bicyclic) bond motifs is 3. The zero-order valence-electron chi connectivity index (χ0n) is 13.9. The Morgan fingerprint density at radius 1 is 0.962 bits per heavy atom. The number of carbonyl (C=O) groups excluding carboxylic acids is 2. The third-order valence-electron chi connectivity index (χ3n) is 4.18. The Labute approximate surface area is 150 Å². The minimum atomic E-state index is -1.04. The standard InChI is InChI=1S/C19H18N2O5/c22-17(23)9-10-20-18(24)21-19(25)26-11-16-14-7-3-1-5-12(14)13-6-2-4-8-15(13)16/h1-8,16H,9-11H2,(H,22,23)(H2,20,21,24,25). The SMILES string of the molecule is O=C(O)CCNC(=O)NC(=O)OCC1c2ccccc2-c2ccccc21. The van der Waals surface area contributed by atoms with Crippen LogP contribution in [-0.4, -0.2) is 36.4 Å². The van der Waals surface area contributed by atoms with Crippen LogP contribution in [0.2, 0.25) is 0 Å². The highest BCUT2D eigenvalue weighted by molar-refractivity contribution is 5.90. The molecule has 3 N–H and O–H groups in total. The van der Waals surface area contributed by atoms with Gasteiger partial charge in [-0.05, 0) is 22.3 Å². The zero-order chi connectivity index (χ0) is 18.5. The fourth-order valence-electron chi connectivity index (χ4n) is 3.05. The van der Waals surface area contributed by atoms with Crippen LogP contribution in [0.3, 0.4) is 0 Å². The van der Waals surface area contributed by atoms with Crippen LogP contribution in [-0.2, 0) is 9.53 Å². The second kappa shape index (κ2) is 7.69. The lowest BCUT2D eigenvalue weighted by Gasteiger charge is -2.14. The summed E-state index contributed by atoms with van der Waals surface area (Å²) in [7, 11) is 0. The van der Waals surface area contributed by atoms with Gasteiger partial charge in [0.1, 0.15) is 6.61 Å². The second-order valence-electron chi connectivity index (χ2n) is 5.85. The van der Waals surface area contributed by atoms with E-state index in [2.05, 4.69) is 5.32 Å². The predicted molar refractivity (Wildman–Crippen MR) is 93.9 cm³/mol. The lowest BCUT2D eigenvalue weighted by molar-refractivity contribution is -0.136. The first-order valence-corrected chi connectivity index (χ1v) is 8.18. The van der Waals surface area contributed by atoms with Crippen molar-refractivity contribution in [3.8, 4) is 11.1 Å². The summed E-state index contributed by atoms with van der Waals surface area (Å²) in [4.78, 5) is 33.7. The van der Waals surface area contributed by atoms with Crippen molar-refractivity contribution in [2.24, 2.45) is 0 Å². The van der Waals surface area contributed by atoms with E-state index in [-0.39, 0.29) is 25.5 Å². The van der Waals surface area contributed by atoms with Crippen molar-refractivity contribution in [2.45, 2.75) is 12.3 Å². The van der Waals surface area contributed by atoms with E-state index < -0.39 is 18.1 Å². The number of hydrogen-bond donors (Lipinski definition) is 3. The molecule has 1 aliphatic carbocycles. The van der Waals surface area contributed by atoms with E-state index in [0.717, 1.165) is 22.3 Å². The summed E-state index contributed by atoms with van der Waals surface area (Å²) in [6, 6.07) is 15.1. The van der Waals surface area contributed by atoms with Gasteiger partial charge in [0.05, 0.1) is 6.42 Å². The number of rotatable bonds is 5. The van der Waals surface area contributed by atoms with Gasteiger partial charge in [0.25, 0.3) is 0 Å². The normalized spacial score (nSPS) is 12.0. The number of carboxylic acids is 1. The zero-order valence-corrected chi connectivity index (χ0v) is 13.9. The Bertz CT molecular complexity index is 804. The molecule has 0 bridgehead atoms. The molecule has 0 aromatic heterocycles. The van der Waals surface area contributed by atoms with E-state index in [1.807, 2.05) is 53.8 Å². The van der Waals surface area contributed by atoms with Gasteiger partial charge in [-0.25, -0.2) is 14.9 Å². The summed E-state index contributed by atoms with van der Waals surface area (Å²) in [6.45, 7) is 0.0279. The Hall–Kier alpha value is -3.35. The summed E-state index contributed by atoms with van der Waals surface area (Å²) in [5, 5.41) is 12.8. The predicted octanol–water partition coefficient (Wildman–Crippen LogP) is 2.71. The first kappa shape index (κ1) is 17.5. The highest BCUT2D eigenvalue weighted by Crippen LogP contribution is 2.44. The number of carbonyl (C=O) groups is 3. The smallest absolute Gasteiger partial charge is 0.415 e. The number of ether oxygens (including phenoxy) is 1. The summed E-state index contributed by atoms with van der Waals surface area (Å²) >= 11 is 0. The molecule has 0 atom stereocenters. The summed E-state index contributed by atoms with van der Waals surface area (Å²) in [5.41, 5.74) is 4.38. The molecule has 0 saturated heterocycles. The first-order chi connectivity index (χ1) is 12.6.